The Balaban J connectivity index is 0.000000146. The van der Waals surface area contributed by atoms with Crippen LogP contribution in [0.25, 0.3) is 88.6 Å². The number of methoxy groups -OCH3 is 2. The van der Waals surface area contributed by atoms with Crippen molar-refractivity contribution < 1.29 is 61.8 Å². The predicted octanol–water partition coefficient (Wildman–Crippen LogP) is 20.6. The summed E-state index contributed by atoms with van der Waals surface area (Å²) in [5, 5.41) is 58.5. The van der Waals surface area contributed by atoms with E-state index in [2.05, 4.69) is 85.7 Å². The number of nitriles is 4. The van der Waals surface area contributed by atoms with Gasteiger partial charge in [-0.05, 0) is 183 Å². The van der Waals surface area contributed by atoms with Crippen LogP contribution in [0, 0.1) is 51.2 Å². The second-order valence-electron chi connectivity index (χ2n) is 30.6. The van der Waals surface area contributed by atoms with E-state index in [9.17, 15) is 40.2 Å². The summed E-state index contributed by atoms with van der Waals surface area (Å²) in [4.78, 5) is 54.5. The van der Waals surface area contributed by atoms with Gasteiger partial charge in [0.15, 0.2) is 0 Å². The molecule has 3 aliphatic rings. The maximum atomic E-state index is 12.3. The van der Waals surface area contributed by atoms with Gasteiger partial charge >= 0.3 is 24.4 Å². The number of hydrogen-bond donors (Lipinski definition) is 4. The average Bonchev–Trinajstić information content (AvgIpc) is 1.62. The fourth-order valence-corrected chi connectivity index (χ4v) is 16.8. The normalized spacial score (nSPS) is 13.1. The lowest BCUT2D eigenvalue weighted by molar-refractivity contribution is 0.0322. The number of benzene rings is 8. The summed E-state index contributed by atoms with van der Waals surface area (Å²) in [6.45, 7) is 21.4. The van der Waals surface area contributed by atoms with Crippen molar-refractivity contribution in [1.82, 2.24) is 37.9 Å². The topological polar surface area (TPSA) is 348 Å². The van der Waals surface area contributed by atoms with Crippen LogP contribution in [0.3, 0.4) is 0 Å². The molecule has 6 heterocycles. The highest BCUT2D eigenvalue weighted by atomic mass is 16.6. The Labute approximate surface area is 743 Å². The third-order valence-corrected chi connectivity index (χ3v) is 22.7. The van der Waals surface area contributed by atoms with Gasteiger partial charge in [-0.15, -0.1) is 0 Å². The van der Waals surface area contributed by atoms with Gasteiger partial charge in [0, 0.05) is 137 Å². The van der Waals surface area contributed by atoms with E-state index < -0.39 is 24.4 Å². The van der Waals surface area contributed by atoms with Gasteiger partial charge in [0.05, 0.1) is 121 Å². The molecule has 13 aromatic rings. The molecule has 1 aliphatic heterocycles. The molecule has 4 amide bonds. The van der Waals surface area contributed by atoms with Crippen molar-refractivity contribution in [2.24, 2.45) is 5.92 Å². The Morgan fingerprint density at radius 1 is 0.430 bits per heavy atom. The van der Waals surface area contributed by atoms with Crippen molar-refractivity contribution >= 4 is 90.7 Å². The van der Waals surface area contributed by atoms with Crippen molar-refractivity contribution in [1.29, 1.82) is 21.0 Å². The number of anilines is 4. The van der Waals surface area contributed by atoms with Crippen LogP contribution < -0.4 is 40.2 Å². The SMILES string of the molecule is CCOC(=O)Nc1cccc(-c2c(C#N)c3ccc(OCCN4CCOCC4)cc3n2CC)c1.CCOC(=O)Nc1cccc(-c2c(C#N)c3ccc(OCCn4cncn4)cc3n2CC)c1.CCn1c(-c2cccc(NC(=O)OC3CCCC3)c2)c(C#N)c2ccc(OC)cc21.CCn1c(-c2cccc(NC(=O)OCC3CCCC3)c2)c(C#N)c2ccc(OC)cc21. The van der Waals surface area contributed by atoms with Crippen LogP contribution in [0.4, 0.5) is 41.9 Å². The molecule has 128 heavy (non-hydrogen) atoms. The first-order chi connectivity index (χ1) is 62.6. The molecule has 8 aromatic carbocycles. The monoisotopic (exact) mass is 1730 g/mol. The minimum absolute atomic E-state index is 0.0102. The summed E-state index contributed by atoms with van der Waals surface area (Å²) in [6.07, 6.45) is 10.0. The van der Waals surface area contributed by atoms with Crippen LogP contribution >= 0.6 is 0 Å². The molecule has 29 nitrogen and oxygen atoms in total. The molecule has 0 atom stereocenters. The van der Waals surface area contributed by atoms with Crippen molar-refractivity contribution in [2.75, 3.05) is 101 Å². The molecule has 0 spiro atoms. The minimum Gasteiger partial charge on any atom is -0.497 e. The molecule has 29 heteroatoms. The molecule has 0 radical (unpaired) electrons. The number of nitrogens with zero attached hydrogens (tertiary/aromatic N) is 12. The average molecular weight is 1730 g/mol. The fourth-order valence-electron chi connectivity index (χ4n) is 16.8. The van der Waals surface area contributed by atoms with Gasteiger partial charge < -0.3 is 60.9 Å². The summed E-state index contributed by atoms with van der Waals surface area (Å²) < 4.78 is 59.1. The van der Waals surface area contributed by atoms with E-state index >= 15 is 0 Å². The smallest absolute Gasteiger partial charge is 0.411 e. The van der Waals surface area contributed by atoms with Crippen LogP contribution in [0.1, 0.15) is 115 Å². The predicted molar refractivity (Wildman–Crippen MR) is 493 cm³/mol. The van der Waals surface area contributed by atoms with E-state index in [-0.39, 0.29) is 12.7 Å². The number of aryl methyl sites for hydroxylation is 4. The summed E-state index contributed by atoms with van der Waals surface area (Å²) in [7, 11) is 3.26. The first-order valence-electron chi connectivity index (χ1n) is 43.5. The number of amides is 4. The van der Waals surface area contributed by atoms with Gasteiger partial charge in [0.25, 0.3) is 0 Å². The molecule has 5 aromatic heterocycles. The molecule has 3 fully saturated rings. The highest BCUT2D eigenvalue weighted by Crippen LogP contribution is 2.42. The quantitative estimate of drug-likeness (QED) is 0.0347. The summed E-state index contributed by atoms with van der Waals surface area (Å²) in [5.74, 6) is 3.46. The second-order valence-corrected chi connectivity index (χ2v) is 30.6. The van der Waals surface area contributed by atoms with Crippen LogP contribution in [0.2, 0.25) is 0 Å². The Hall–Kier alpha value is -14.8. The van der Waals surface area contributed by atoms with Crippen molar-refractivity contribution in [3.05, 3.63) is 205 Å². The molecule has 0 unspecified atom stereocenters. The molecule has 2 aliphatic carbocycles. The van der Waals surface area contributed by atoms with Crippen molar-refractivity contribution in [3.63, 3.8) is 0 Å². The lowest BCUT2D eigenvalue weighted by Gasteiger charge is -2.26. The molecule has 2 saturated carbocycles. The number of fused-ring (bicyclic) bond motifs is 4. The number of hydrogen-bond acceptors (Lipinski definition) is 20. The van der Waals surface area contributed by atoms with E-state index in [4.69, 9.17) is 42.6 Å². The van der Waals surface area contributed by atoms with E-state index in [1.165, 1.54) is 19.2 Å². The summed E-state index contributed by atoms with van der Waals surface area (Å²) >= 11 is 0. The van der Waals surface area contributed by atoms with Gasteiger partial charge in [0.1, 0.15) is 79.2 Å². The zero-order chi connectivity index (χ0) is 90.0. The van der Waals surface area contributed by atoms with Gasteiger partial charge in [-0.1, -0.05) is 61.4 Å². The van der Waals surface area contributed by atoms with Crippen molar-refractivity contribution in [2.45, 2.75) is 132 Å². The van der Waals surface area contributed by atoms with Crippen LogP contribution in [0.5, 0.6) is 23.0 Å². The van der Waals surface area contributed by atoms with Crippen LogP contribution in [-0.4, -0.2) is 149 Å². The van der Waals surface area contributed by atoms with E-state index in [1.54, 1.807) is 51.2 Å². The molecule has 660 valence electrons. The Morgan fingerprint density at radius 3 is 1.13 bits per heavy atom. The number of carbonyl (C=O) groups excluding carboxylic acids is 4. The van der Waals surface area contributed by atoms with Crippen LogP contribution in [0.15, 0.2) is 183 Å². The lowest BCUT2D eigenvalue weighted by atomic mass is 10.1. The van der Waals surface area contributed by atoms with Gasteiger partial charge in [-0.3, -0.25) is 26.2 Å². The highest BCUT2D eigenvalue weighted by molar-refractivity contribution is 6.00. The molecular formula is C99H106N16O13. The molecule has 4 N–H and O–H groups in total. The van der Waals surface area contributed by atoms with Crippen molar-refractivity contribution in [3.8, 4) is 92.3 Å². The first kappa shape index (κ1) is 90.9. The Morgan fingerprint density at radius 2 is 0.781 bits per heavy atom. The zero-order valence-corrected chi connectivity index (χ0v) is 73.4. The zero-order valence-electron chi connectivity index (χ0n) is 73.4. The van der Waals surface area contributed by atoms with Crippen LogP contribution in [-0.2, 0) is 56.4 Å². The van der Waals surface area contributed by atoms with E-state index in [0.29, 0.717) is 116 Å². The molecule has 16 rings (SSSR count). The lowest BCUT2D eigenvalue weighted by Crippen LogP contribution is -2.38. The number of morpholine rings is 1. The summed E-state index contributed by atoms with van der Waals surface area (Å²) in [6, 6.07) is 62.5. The van der Waals surface area contributed by atoms with Gasteiger partial charge in [-0.25, -0.2) is 28.8 Å². The summed E-state index contributed by atoms with van der Waals surface area (Å²) in [5.41, 5.74) is 15.3. The van der Waals surface area contributed by atoms with Gasteiger partial charge in [-0.2, -0.15) is 26.1 Å². The minimum atomic E-state index is -0.515. The number of ether oxygens (including phenoxy) is 9. The number of nitrogens with one attached hydrogen (secondary N) is 4. The molecule has 0 bridgehead atoms. The molecule has 1 saturated heterocycles. The van der Waals surface area contributed by atoms with E-state index in [0.717, 1.165) is 177 Å². The maximum absolute atomic E-state index is 12.3. The number of aromatic nitrogens is 7. The first-order valence-corrected chi connectivity index (χ1v) is 43.5. The third kappa shape index (κ3) is 21.8. The Bertz CT molecular complexity index is 6260. The second kappa shape index (κ2) is 44.2. The maximum Gasteiger partial charge on any atom is 0.411 e. The largest absolute Gasteiger partial charge is 0.497 e. The van der Waals surface area contributed by atoms with E-state index in [1.807, 2.05) is 178 Å². The Kier molecular flexibility index (Phi) is 31.4. The highest BCUT2D eigenvalue weighted by Gasteiger charge is 2.27. The molecular weight excluding hydrogens is 1620 g/mol. The van der Waals surface area contributed by atoms with Gasteiger partial charge in [0.2, 0.25) is 0 Å². The number of rotatable bonds is 27. The standard InChI is InChI=1S/C26H30N4O4.C25H27N3O3.C24H24N6O3.C24H25N3O3/c1-3-30-24-17-21(34-15-12-29-10-13-32-14-11-29)8-9-22(24)23(18-27)25(30)19-6-5-7-20(16-19)28-26(31)33-4-2;1-3-28-23-14-20(30-2)11-12-21(23)22(15-26)24(28)18-9-6-10-19(13-18)27-25(29)31-16-17-7-4-5-8-17;1-3-30-22-13-19(33-11-10-29-16-26-15-27-29)8-9-20(22)21(14-25)23(30)17-6-5-7-18(12-17)28-24(31)32-4-2;1-3-27-22-14-19(29-2)11-12-20(22)21(15-25)23(27)16-7-6-8-17(13-16)26-24(28)30-18-9-4-5-10-18/h5-9,16-17H,3-4,10-15H2,1-2H3,(H,28,31);6,9-14,17H,3-5,7-8,16H2,1-2H3,(H,27,29);5-9,12-13,15-16H,3-4,10-11H2,1-2H3,(H,28,31);6-8,11-14,18H,3-5,9-10H2,1-2H3,(H,26,28). The fraction of sp³-hybridized carbons (Fsp3) is 0.333. The third-order valence-electron chi connectivity index (χ3n) is 22.7. The number of carbonyl (C=O) groups is 4.